The number of hydrogen-bond acceptors (Lipinski definition) is 4. The molecule has 0 aromatic carbocycles. The van der Waals surface area contributed by atoms with Gasteiger partial charge >= 0.3 is 0 Å². The van der Waals surface area contributed by atoms with E-state index in [2.05, 4.69) is 6.92 Å². The van der Waals surface area contributed by atoms with Gasteiger partial charge in [-0.1, -0.05) is 6.92 Å². The van der Waals surface area contributed by atoms with Crippen molar-refractivity contribution in [3.05, 3.63) is 24.2 Å². The van der Waals surface area contributed by atoms with E-state index in [1.807, 2.05) is 17.0 Å². The molecule has 3 rings (SSSR count). The van der Waals surface area contributed by atoms with Crippen LogP contribution in [0.15, 0.2) is 22.8 Å². The molecule has 2 aliphatic heterocycles. The summed E-state index contributed by atoms with van der Waals surface area (Å²) in [6.07, 6.45) is 4.49. The fourth-order valence-corrected chi connectivity index (χ4v) is 5.45. The average molecular weight is 325 g/mol. The SMILES string of the molecule is C[C@@H]1CCN(C(=O)C[C@H]2CCS(=O)(=O)C2)[C@H](c2ccco2)C1. The van der Waals surface area contributed by atoms with Crippen LogP contribution in [0.5, 0.6) is 0 Å². The summed E-state index contributed by atoms with van der Waals surface area (Å²) in [5, 5.41) is 0. The van der Waals surface area contributed by atoms with Crippen LogP contribution in [0.1, 0.15) is 44.4 Å². The molecule has 2 aliphatic rings. The van der Waals surface area contributed by atoms with E-state index >= 15 is 0 Å². The number of carbonyl (C=O) groups excluding carboxylic acids is 1. The second-order valence-corrected chi connectivity index (χ2v) is 8.95. The minimum atomic E-state index is -2.93. The van der Waals surface area contributed by atoms with E-state index in [4.69, 9.17) is 4.42 Å². The molecule has 1 amide bonds. The topological polar surface area (TPSA) is 67.6 Å². The van der Waals surface area contributed by atoms with Gasteiger partial charge in [-0.05, 0) is 43.2 Å². The molecule has 0 aliphatic carbocycles. The fourth-order valence-electron chi connectivity index (χ4n) is 3.59. The van der Waals surface area contributed by atoms with Crippen LogP contribution < -0.4 is 0 Å². The molecule has 0 N–H and O–H groups in total. The van der Waals surface area contributed by atoms with Crippen molar-refractivity contribution in [1.82, 2.24) is 4.90 Å². The molecule has 0 radical (unpaired) electrons. The highest BCUT2D eigenvalue weighted by Crippen LogP contribution is 2.35. The standard InChI is InChI=1S/C16H23NO4S/c1-12-4-6-17(14(9-12)15-3-2-7-21-15)16(18)10-13-5-8-22(19,20)11-13/h2-3,7,12-14H,4-6,8-11H2,1H3/t12-,13-,14+/m1/s1. The lowest BCUT2D eigenvalue weighted by Crippen LogP contribution is -2.41. The van der Waals surface area contributed by atoms with Gasteiger partial charge in [0.25, 0.3) is 0 Å². The number of sulfone groups is 1. The summed E-state index contributed by atoms with van der Waals surface area (Å²) in [7, 11) is -2.93. The van der Waals surface area contributed by atoms with Crippen LogP contribution in [0.4, 0.5) is 0 Å². The van der Waals surface area contributed by atoms with Crippen LogP contribution >= 0.6 is 0 Å². The molecule has 0 unspecified atom stereocenters. The number of hydrogen-bond donors (Lipinski definition) is 0. The Morgan fingerprint density at radius 1 is 1.41 bits per heavy atom. The third-order valence-electron chi connectivity index (χ3n) is 4.85. The third-order valence-corrected chi connectivity index (χ3v) is 6.68. The number of furan rings is 1. The summed E-state index contributed by atoms with van der Waals surface area (Å²) in [5.41, 5.74) is 0. The number of amides is 1. The zero-order valence-electron chi connectivity index (χ0n) is 12.9. The van der Waals surface area contributed by atoms with E-state index < -0.39 is 9.84 Å². The summed E-state index contributed by atoms with van der Waals surface area (Å²) < 4.78 is 28.6. The Balaban J connectivity index is 1.70. The van der Waals surface area contributed by atoms with Crippen molar-refractivity contribution in [3.8, 4) is 0 Å². The predicted octanol–water partition coefficient (Wildman–Crippen LogP) is 2.40. The molecule has 2 saturated heterocycles. The van der Waals surface area contributed by atoms with E-state index in [1.165, 1.54) is 0 Å². The molecule has 0 bridgehead atoms. The van der Waals surface area contributed by atoms with Gasteiger partial charge in [0.2, 0.25) is 5.91 Å². The number of carbonyl (C=O) groups is 1. The summed E-state index contributed by atoms with van der Waals surface area (Å²) in [5.74, 6) is 1.83. The number of likely N-dealkylation sites (tertiary alicyclic amines) is 1. The molecule has 122 valence electrons. The van der Waals surface area contributed by atoms with Gasteiger partial charge < -0.3 is 9.32 Å². The highest BCUT2D eigenvalue weighted by Gasteiger charge is 2.35. The minimum absolute atomic E-state index is 0.00994. The molecule has 1 aromatic heterocycles. The second kappa shape index (κ2) is 6.07. The van der Waals surface area contributed by atoms with Gasteiger partial charge in [0.1, 0.15) is 5.76 Å². The Labute approximate surface area is 131 Å². The van der Waals surface area contributed by atoms with E-state index in [9.17, 15) is 13.2 Å². The molecular weight excluding hydrogens is 302 g/mol. The maximum atomic E-state index is 12.7. The van der Waals surface area contributed by atoms with E-state index in [1.54, 1.807) is 6.26 Å². The molecule has 2 fully saturated rings. The van der Waals surface area contributed by atoms with Crippen molar-refractivity contribution in [2.75, 3.05) is 18.1 Å². The quantitative estimate of drug-likeness (QED) is 0.856. The number of nitrogens with zero attached hydrogens (tertiary/aromatic N) is 1. The largest absolute Gasteiger partial charge is 0.467 e. The van der Waals surface area contributed by atoms with Crippen molar-refractivity contribution < 1.29 is 17.6 Å². The lowest BCUT2D eigenvalue weighted by atomic mass is 9.90. The van der Waals surface area contributed by atoms with Crippen molar-refractivity contribution in [1.29, 1.82) is 0 Å². The van der Waals surface area contributed by atoms with Gasteiger partial charge in [-0.15, -0.1) is 0 Å². The Kier molecular flexibility index (Phi) is 4.30. The van der Waals surface area contributed by atoms with Crippen molar-refractivity contribution >= 4 is 15.7 Å². The first-order chi connectivity index (χ1) is 10.4. The highest BCUT2D eigenvalue weighted by atomic mass is 32.2. The van der Waals surface area contributed by atoms with Gasteiger partial charge in [-0.3, -0.25) is 4.79 Å². The summed E-state index contributed by atoms with van der Waals surface area (Å²) in [6, 6.07) is 3.76. The summed E-state index contributed by atoms with van der Waals surface area (Å²) >= 11 is 0. The number of piperidine rings is 1. The first kappa shape index (κ1) is 15.6. The molecule has 1 aromatic rings. The highest BCUT2D eigenvalue weighted by molar-refractivity contribution is 7.91. The maximum Gasteiger partial charge on any atom is 0.223 e. The lowest BCUT2D eigenvalue weighted by molar-refractivity contribution is -0.137. The molecule has 6 heteroatoms. The molecule has 22 heavy (non-hydrogen) atoms. The Bertz CT molecular complexity index is 623. The zero-order chi connectivity index (χ0) is 15.7. The van der Waals surface area contributed by atoms with Crippen LogP contribution in [0.25, 0.3) is 0 Å². The first-order valence-electron chi connectivity index (χ1n) is 7.98. The predicted molar refractivity (Wildman–Crippen MR) is 82.9 cm³/mol. The van der Waals surface area contributed by atoms with Gasteiger partial charge in [-0.2, -0.15) is 0 Å². The van der Waals surface area contributed by atoms with E-state index in [0.29, 0.717) is 18.8 Å². The van der Waals surface area contributed by atoms with Gasteiger partial charge in [0.15, 0.2) is 9.84 Å². The van der Waals surface area contributed by atoms with Crippen LogP contribution in [0, 0.1) is 11.8 Å². The van der Waals surface area contributed by atoms with Gasteiger partial charge in [0, 0.05) is 13.0 Å². The van der Waals surface area contributed by atoms with Crippen LogP contribution in [0.3, 0.4) is 0 Å². The van der Waals surface area contributed by atoms with Crippen LogP contribution in [0.2, 0.25) is 0 Å². The maximum absolute atomic E-state index is 12.7. The zero-order valence-corrected chi connectivity index (χ0v) is 13.7. The average Bonchev–Trinajstić information content (AvgIpc) is 3.08. The Morgan fingerprint density at radius 3 is 2.86 bits per heavy atom. The van der Waals surface area contributed by atoms with E-state index in [0.717, 1.165) is 25.1 Å². The molecule has 0 saturated carbocycles. The van der Waals surface area contributed by atoms with Crippen molar-refractivity contribution in [3.63, 3.8) is 0 Å². The summed E-state index contributed by atoms with van der Waals surface area (Å²) in [6.45, 7) is 2.92. The van der Waals surface area contributed by atoms with E-state index in [-0.39, 0.29) is 29.4 Å². The lowest BCUT2D eigenvalue weighted by Gasteiger charge is -2.38. The molecule has 3 heterocycles. The monoisotopic (exact) mass is 325 g/mol. The van der Waals surface area contributed by atoms with Crippen molar-refractivity contribution in [2.24, 2.45) is 11.8 Å². The molecule has 3 atom stereocenters. The van der Waals surface area contributed by atoms with Crippen LogP contribution in [-0.2, 0) is 14.6 Å². The molecular formula is C16H23NO4S. The number of rotatable bonds is 3. The third kappa shape index (κ3) is 3.37. The molecule has 0 spiro atoms. The van der Waals surface area contributed by atoms with Crippen molar-refractivity contribution in [2.45, 2.75) is 38.6 Å². The normalized spacial score (nSPS) is 31.3. The first-order valence-corrected chi connectivity index (χ1v) is 9.80. The van der Waals surface area contributed by atoms with Gasteiger partial charge in [0.05, 0.1) is 23.8 Å². The fraction of sp³-hybridized carbons (Fsp3) is 0.688. The Morgan fingerprint density at radius 2 is 2.23 bits per heavy atom. The van der Waals surface area contributed by atoms with Gasteiger partial charge in [-0.25, -0.2) is 8.42 Å². The Hall–Kier alpha value is -1.30. The van der Waals surface area contributed by atoms with Crippen LogP contribution in [-0.4, -0.2) is 37.3 Å². The smallest absolute Gasteiger partial charge is 0.223 e. The second-order valence-electron chi connectivity index (χ2n) is 6.72. The minimum Gasteiger partial charge on any atom is -0.467 e. The summed E-state index contributed by atoms with van der Waals surface area (Å²) in [4.78, 5) is 14.6. The molecule has 5 nitrogen and oxygen atoms in total.